The molecular weight excluding hydrogens is 153 g/mol. The summed E-state index contributed by atoms with van der Waals surface area (Å²) in [6.45, 7) is 1.80. The van der Waals surface area contributed by atoms with E-state index in [9.17, 15) is 4.39 Å². The number of rotatable bonds is 3. The molecule has 0 rings (SSSR count). The fourth-order valence-corrected chi connectivity index (χ4v) is 0.409. The van der Waals surface area contributed by atoms with Crippen molar-refractivity contribution in [2.75, 3.05) is 5.88 Å². The highest BCUT2D eigenvalue weighted by atomic mass is 35.5. The van der Waals surface area contributed by atoms with E-state index in [0.29, 0.717) is 0 Å². The van der Waals surface area contributed by atoms with Gasteiger partial charge >= 0.3 is 0 Å². The minimum atomic E-state index is -0.529. The van der Waals surface area contributed by atoms with Crippen LogP contribution in [-0.2, 0) is 0 Å². The van der Waals surface area contributed by atoms with Gasteiger partial charge in [0, 0.05) is 6.21 Å². The van der Waals surface area contributed by atoms with E-state index in [1.54, 1.807) is 19.1 Å². The molecule has 0 aromatic rings. The quantitative estimate of drug-likeness (QED) is 0.261. The Morgan fingerprint density at radius 2 is 2.40 bits per heavy atom. The summed E-state index contributed by atoms with van der Waals surface area (Å²) in [6.07, 6.45) is 5.86. The topological polar surface area (TPSA) is 12.4 Å². The van der Waals surface area contributed by atoms with Crippen LogP contribution in [0.4, 0.5) is 4.39 Å². The summed E-state index contributed by atoms with van der Waals surface area (Å²) in [5.74, 6) is -0.296. The fraction of sp³-hybridized carbons (Fsp3) is 0.286. The molecule has 0 aliphatic carbocycles. The molecule has 3 heteroatoms. The highest BCUT2D eigenvalue weighted by Crippen LogP contribution is 1.96. The molecule has 10 heavy (non-hydrogen) atoms. The Morgan fingerprint density at radius 1 is 1.70 bits per heavy atom. The molecule has 0 atom stereocenters. The van der Waals surface area contributed by atoms with Crippen molar-refractivity contribution in [3.05, 3.63) is 24.2 Å². The van der Waals surface area contributed by atoms with Crippen LogP contribution >= 0.6 is 11.6 Å². The molecule has 0 spiro atoms. The molecular formula is C7H9ClFN. The third-order valence-electron chi connectivity index (χ3n) is 0.710. The first-order valence-corrected chi connectivity index (χ1v) is 3.41. The Kier molecular flexibility index (Phi) is 6.08. The van der Waals surface area contributed by atoms with Crippen LogP contribution in [0.5, 0.6) is 0 Å². The van der Waals surface area contributed by atoms with E-state index in [2.05, 4.69) is 4.99 Å². The lowest BCUT2D eigenvalue weighted by molar-refractivity contribution is 0.629. The average molecular weight is 162 g/mol. The van der Waals surface area contributed by atoms with Gasteiger partial charge in [-0.2, -0.15) is 4.39 Å². The molecule has 0 amide bonds. The van der Waals surface area contributed by atoms with E-state index in [1.807, 2.05) is 0 Å². The van der Waals surface area contributed by atoms with Gasteiger partial charge in [0.05, 0.1) is 5.88 Å². The maximum Gasteiger partial charge on any atom is 0.212 e. The van der Waals surface area contributed by atoms with Gasteiger partial charge in [0.1, 0.15) is 0 Å². The SMILES string of the molecule is C\C=C/C=C(F)\N=C\CCl. The number of aliphatic imine (C=N–C) groups is 1. The average Bonchev–Trinajstić information content (AvgIpc) is 1.97. The van der Waals surface area contributed by atoms with Gasteiger partial charge in [0.2, 0.25) is 5.95 Å². The molecule has 0 saturated carbocycles. The third kappa shape index (κ3) is 5.51. The van der Waals surface area contributed by atoms with Crippen LogP contribution < -0.4 is 0 Å². The molecule has 56 valence electrons. The van der Waals surface area contributed by atoms with E-state index in [0.717, 1.165) is 0 Å². The molecule has 0 aliphatic heterocycles. The highest BCUT2D eigenvalue weighted by Gasteiger charge is 1.81. The van der Waals surface area contributed by atoms with Crippen LogP contribution in [-0.4, -0.2) is 12.1 Å². The summed E-state index contributed by atoms with van der Waals surface area (Å²) in [5.41, 5.74) is 0. The van der Waals surface area contributed by atoms with E-state index >= 15 is 0 Å². The predicted octanol–water partition coefficient (Wildman–Crippen LogP) is 2.68. The van der Waals surface area contributed by atoms with Crippen molar-refractivity contribution < 1.29 is 4.39 Å². The second-order valence-corrected chi connectivity index (χ2v) is 1.79. The van der Waals surface area contributed by atoms with Gasteiger partial charge in [-0.25, -0.2) is 4.99 Å². The predicted molar refractivity (Wildman–Crippen MR) is 43.2 cm³/mol. The van der Waals surface area contributed by atoms with Gasteiger partial charge < -0.3 is 0 Å². The Morgan fingerprint density at radius 3 is 2.90 bits per heavy atom. The smallest absolute Gasteiger partial charge is 0.212 e. The maximum absolute atomic E-state index is 12.3. The molecule has 1 nitrogen and oxygen atoms in total. The number of allylic oxidation sites excluding steroid dienone is 3. The van der Waals surface area contributed by atoms with Crippen molar-refractivity contribution in [2.45, 2.75) is 6.92 Å². The minimum Gasteiger partial charge on any atom is -0.232 e. The zero-order valence-corrected chi connectivity index (χ0v) is 6.48. The monoisotopic (exact) mass is 161 g/mol. The van der Waals surface area contributed by atoms with Gasteiger partial charge in [-0.05, 0) is 13.0 Å². The van der Waals surface area contributed by atoms with Gasteiger partial charge in [0.15, 0.2) is 0 Å². The summed E-state index contributed by atoms with van der Waals surface area (Å²) in [5, 5.41) is 0. The summed E-state index contributed by atoms with van der Waals surface area (Å²) in [7, 11) is 0. The van der Waals surface area contributed by atoms with Crippen LogP contribution in [0.25, 0.3) is 0 Å². The highest BCUT2D eigenvalue weighted by molar-refractivity contribution is 6.24. The van der Waals surface area contributed by atoms with Gasteiger partial charge in [-0.3, -0.25) is 0 Å². The Balaban J connectivity index is 3.81. The summed E-state index contributed by atoms with van der Waals surface area (Å²) < 4.78 is 12.3. The zero-order chi connectivity index (χ0) is 7.82. The molecule has 0 aromatic heterocycles. The molecule has 0 N–H and O–H groups in total. The molecule has 0 unspecified atom stereocenters. The number of nitrogens with zero attached hydrogens (tertiary/aromatic N) is 1. The lowest BCUT2D eigenvalue weighted by atomic mass is 10.5. The van der Waals surface area contributed by atoms with Crippen molar-refractivity contribution >= 4 is 17.8 Å². The first kappa shape index (κ1) is 9.37. The van der Waals surface area contributed by atoms with Crippen LogP contribution in [0.3, 0.4) is 0 Å². The number of hydrogen-bond donors (Lipinski definition) is 0. The van der Waals surface area contributed by atoms with Gasteiger partial charge in [-0.1, -0.05) is 12.2 Å². The van der Waals surface area contributed by atoms with Crippen molar-refractivity contribution in [1.82, 2.24) is 0 Å². The molecule has 0 radical (unpaired) electrons. The molecule has 0 fully saturated rings. The standard InChI is InChI=1S/C7H9ClFN/c1-2-3-4-7(9)10-6-5-8/h2-4,6H,5H2,1H3/b3-2-,7-4-,10-6+. The maximum atomic E-state index is 12.3. The van der Waals surface area contributed by atoms with Crippen molar-refractivity contribution in [2.24, 2.45) is 4.99 Å². The lowest BCUT2D eigenvalue weighted by Gasteiger charge is -1.80. The van der Waals surface area contributed by atoms with E-state index in [-0.39, 0.29) is 5.88 Å². The van der Waals surface area contributed by atoms with Crippen molar-refractivity contribution in [1.29, 1.82) is 0 Å². The van der Waals surface area contributed by atoms with Crippen LogP contribution in [0.2, 0.25) is 0 Å². The normalized spacial score (nSPS) is 13.7. The summed E-state index contributed by atoms with van der Waals surface area (Å²) in [6, 6.07) is 0. The minimum absolute atomic E-state index is 0.233. The summed E-state index contributed by atoms with van der Waals surface area (Å²) in [4.78, 5) is 3.37. The molecule has 0 aromatic carbocycles. The third-order valence-corrected chi connectivity index (χ3v) is 0.848. The van der Waals surface area contributed by atoms with Crippen molar-refractivity contribution in [3.63, 3.8) is 0 Å². The van der Waals surface area contributed by atoms with Crippen LogP contribution in [0.15, 0.2) is 29.2 Å². The number of alkyl halides is 1. The molecule has 0 aliphatic rings. The second kappa shape index (κ2) is 6.49. The Bertz CT molecular complexity index is 161. The largest absolute Gasteiger partial charge is 0.232 e. The van der Waals surface area contributed by atoms with Crippen LogP contribution in [0.1, 0.15) is 6.92 Å². The molecule has 0 bridgehead atoms. The first-order chi connectivity index (χ1) is 4.81. The fourth-order valence-electron chi connectivity index (χ4n) is 0.340. The Hall–Kier alpha value is -0.630. The van der Waals surface area contributed by atoms with E-state index in [4.69, 9.17) is 11.6 Å². The number of hydrogen-bond acceptors (Lipinski definition) is 1. The summed E-state index contributed by atoms with van der Waals surface area (Å²) >= 11 is 5.22. The lowest BCUT2D eigenvalue weighted by Crippen LogP contribution is -1.73. The number of halogens is 2. The van der Waals surface area contributed by atoms with Gasteiger partial charge in [-0.15, -0.1) is 11.6 Å². The van der Waals surface area contributed by atoms with E-state index in [1.165, 1.54) is 12.3 Å². The Labute approximate surface area is 64.9 Å². The molecule has 0 saturated heterocycles. The van der Waals surface area contributed by atoms with Crippen molar-refractivity contribution in [3.8, 4) is 0 Å². The second-order valence-electron chi connectivity index (χ2n) is 1.48. The first-order valence-electron chi connectivity index (χ1n) is 2.88. The zero-order valence-electron chi connectivity index (χ0n) is 5.72. The molecule has 0 heterocycles. The van der Waals surface area contributed by atoms with Crippen LogP contribution in [0, 0.1) is 0 Å². The van der Waals surface area contributed by atoms with Gasteiger partial charge in [0.25, 0.3) is 0 Å². The van der Waals surface area contributed by atoms with E-state index < -0.39 is 5.95 Å².